The fourth-order valence-electron chi connectivity index (χ4n) is 3.55. The Kier molecular flexibility index (Phi) is 6.37. The van der Waals surface area contributed by atoms with E-state index in [4.69, 9.17) is 23.2 Å². The van der Waals surface area contributed by atoms with Gasteiger partial charge in [-0.05, 0) is 49.9 Å². The largest absolute Gasteiger partial charge is 0.324 e. The Morgan fingerprint density at radius 1 is 1.17 bits per heavy atom. The minimum atomic E-state index is -0.152. The van der Waals surface area contributed by atoms with E-state index in [0.29, 0.717) is 27.6 Å². The van der Waals surface area contributed by atoms with Crippen molar-refractivity contribution in [1.29, 1.82) is 0 Å². The van der Waals surface area contributed by atoms with Gasteiger partial charge in [0.2, 0.25) is 5.91 Å². The Bertz CT molecular complexity index is 1070. The maximum absolute atomic E-state index is 12.4. The summed E-state index contributed by atoms with van der Waals surface area (Å²) < 4.78 is 2.12. The zero-order valence-corrected chi connectivity index (χ0v) is 19.1. The maximum atomic E-state index is 12.4. The molecule has 0 unspecified atom stereocenters. The molecule has 1 aliphatic rings. The summed E-state index contributed by atoms with van der Waals surface area (Å²) in [7, 11) is 0. The first-order valence-electron chi connectivity index (χ1n) is 9.83. The molecule has 0 radical (unpaired) electrons. The first-order chi connectivity index (χ1) is 14.5. The molecule has 1 N–H and O–H groups in total. The van der Waals surface area contributed by atoms with Crippen molar-refractivity contribution >= 4 is 46.6 Å². The van der Waals surface area contributed by atoms with Crippen molar-refractivity contribution in [3.8, 4) is 0 Å². The average molecular weight is 461 g/mol. The van der Waals surface area contributed by atoms with E-state index >= 15 is 0 Å². The van der Waals surface area contributed by atoms with Gasteiger partial charge in [-0.15, -0.1) is 10.2 Å². The van der Waals surface area contributed by atoms with Crippen LogP contribution in [0, 0.1) is 6.92 Å². The van der Waals surface area contributed by atoms with Crippen molar-refractivity contribution in [3.63, 3.8) is 0 Å². The third-order valence-corrected chi connectivity index (χ3v) is 6.74. The van der Waals surface area contributed by atoms with Crippen LogP contribution in [0.25, 0.3) is 0 Å². The lowest BCUT2D eigenvalue weighted by Gasteiger charge is -2.09. The minimum absolute atomic E-state index is 0.152. The molecule has 3 aromatic rings. The van der Waals surface area contributed by atoms with Crippen LogP contribution in [0.2, 0.25) is 10.0 Å². The number of carbonyl (C=O) groups excluding carboxylic acids is 1. The first-order valence-corrected chi connectivity index (χ1v) is 11.6. The highest BCUT2D eigenvalue weighted by molar-refractivity contribution is 7.99. The molecule has 2 atom stereocenters. The second-order valence-electron chi connectivity index (χ2n) is 7.41. The molecule has 1 amide bonds. The Hall–Kier alpha value is -2.02. The van der Waals surface area contributed by atoms with E-state index in [-0.39, 0.29) is 11.7 Å². The van der Waals surface area contributed by atoms with Crippen LogP contribution >= 0.6 is 35.0 Å². The molecule has 30 heavy (non-hydrogen) atoms. The number of aromatic nitrogens is 3. The molecule has 0 aliphatic heterocycles. The average Bonchev–Trinajstić information content (AvgIpc) is 3.41. The van der Waals surface area contributed by atoms with E-state index in [2.05, 4.69) is 58.2 Å². The molecule has 156 valence electrons. The van der Waals surface area contributed by atoms with Gasteiger partial charge in [0.1, 0.15) is 5.82 Å². The Balaban J connectivity index is 1.39. The number of nitrogens with zero attached hydrogens (tertiary/aromatic N) is 3. The summed E-state index contributed by atoms with van der Waals surface area (Å²) in [4.78, 5) is 12.4. The monoisotopic (exact) mass is 460 g/mol. The molecule has 0 saturated heterocycles. The molecule has 1 aliphatic carbocycles. The van der Waals surface area contributed by atoms with Crippen LogP contribution in [0.1, 0.15) is 42.1 Å². The predicted octanol–water partition coefficient (Wildman–Crippen LogP) is 5.92. The lowest BCUT2D eigenvalue weighted by Crippen LogP contribution is -2.15. The summed E-state index contributed by atoms with van der Waals surface area (Å²) in [5, 5.41) is 13.3. The predicted molar refractivity (Wildman–Crippen MR) is 123 cm³/mol. The number of anilines is 1. The quantitative estimate of drug-likeness (QED) is 0.444. The topological polar surface area (TPSA) is 59.8 Å². The maximum Gasteiger partial charge on any atom is 0.234 e. The summed E-state index contributed by atoms with van der Waals surface area (Å²) >= 11 is 13.4. The number of thioether (sulfide) groups is 1. The Morgan fingerprint density at radius 2 is 1.93 bits per heavy atom. The minimum Gasteiger partial charge on any atom is -0.324 e. The summed E-state index contributed by atoms with van der Waals surface area (Å²) in [6.45, 7) is 4.95. The van der Waals surface area contributed by atoms with Crippen LogP contribution in [0.5, 0.6) is 0 Å². The van der Waals surface area contributed by atoms with Crippen LogP contribution in [0.3, 0.4) is 0 Å². The molecule has 2 aromatic carbocycles. The van der Waals surface area contributed by atoms with E-state index in [1.807, 2.05) is 0 Å². The van der Waals surface area contributed by atoms with Gasteiger partial charge >= 0.3 is 0 Å². The van der Waals surface area contributed by atoms with E-state index in [0.717, 1.165) is 23.9 Å². The molecule has 1 fully saturated rings. The van der Waals surface area contributed by atoms with Gasteiger partial charge in [-0.3, -0.25) is 4.79 Å². The van der Waals surface area contributed by atoms with Gasteiger partial charge in [-0.25, -0.2) is 0 Å². The van der Waals surface area contributed by atoms with Crippen molar-refractivity contribution in [1.82, 2.24) is 14.8 Å². The highest BCUT2D eigenvalue weighted by Gasteiger charge is 2.43. The number of hydrogen-bond donors (Lipinski definition) is 1. The third-order valence-electron chi connectivity index (χ3n) is 5.23. The molecule has 8 heteroatoms. The number of aryl methyl sites for hydroxylation is 1. The molecule has 1 heterocycles. The second-order valence-corrected chi connectivity index (χ2v) is 9.19. The van der Waals surface area contributed by atoms with Crippen LogP contribution in [0.15, 0.2) is 47.6 Å². The van der Waals surface area contributed by atoms with Gasteiger partial charge in [-0.2, -0.15) is 0 Å². The van der Waals surface area contributed by atoms with Gasteiger partial charge in [0.15, 0.2) is 5.16 Å². The molecular weight excluding hydrogens is 439 g/mol. The van der Waals surface area contributed by atoms with Gasteiger partial charge in [0.25, 0.3) is 0 Å². The smallest absolute Gasteiger partial charge is 0.234 e. The normalized spacial score (nSPS) is 17.7. The first kappa shape index (κ1) is 21.2. The van der Waals surface area contributed by atoms with Gasteiger partial charge in [0.05, 0.1) is 16.5 Å². The molecule has 4 rings (SSSR count). The zero-order chi connectivity index (χ0) is 21.3. The van der Waals surface area contributed by atoms with Gasteiger partial charge < -0.3 is 9.88 Å². The zero-order valence-electron chi connectivity index (χ0n) is 16.7. The Labute approximate surface area is 190 Å². The number of carbonyl (C=O) groups is 1. The number of benzene rings is 2. The lowest BCUT2D eigenvalue weighted by molar-refractivity contribution is -0.113. The van der Waals surface area contributed by atoms with Gasteiger partial charge in [-0.1, -0.05) is 64.8 Å². The highest BCUT2D eigenvalue weighted by atomic mass is 35.5. The fraction of sp³-hybridized carbons (Fsp3) is 0.318. The van der Waals surface area contributed by atoms with Crippen LogP contribution in [0.4, 0.5) is 5.69 Å². The second kappa shape index (κ2) is 9.00. The summed E-state index contributed by atoms with van der Waals surface area (Å²) in [6.07, 6.45) is 1.08. The summed E-state index contributed by atoms with van der Waals surface area (Å²) in [5.41, 5.74) is 3.16. The summed E-state index contributed by atoms with van der Waals surface area (Å²) in [5.74, 6) is 1.96. The molecule has 1 saturated carbocycles. The van der Waals surface area contributed by atoms with Crippen LogP contribution < -0.4 is 5.32 Å². The molecular formula is C22H22Cl2N4OS. The highest BCUT2D eigenvalue weighted by Crippen LogP contribution is 2.54. The number of hydrogen-bond acceptors (Lipinski definition) is 4. The molecule has 1 aromatic heterocycles. The van der Waals surface area contributed by atoms with Crippen LogP contribution in [-0.4, -0.2) is 26.4 Å². The van der Waals surface area contributed by atoms with E-state index in [9.17, 15) is 4.79 Å². The third kappa shape index (κ3) is 4.66. The van der Waals surface area contributed by atoms with Gasteiger partial charge in [0, 0.05) is 17.5 Å². The molecule has 0 spiro atoms. The molecule has 5 nitrogen and oxygen atoms in total. The number of halogens is 2. The van der Waals surface area contributed by atoms with Crippen molar-refractivity contribution < 1.29 is 4.79 Å². The standard InChI is InChI=1S/C22H22Cl2N4OS/c1-3-28-21(17-11-16(17)14-6-4-13(2)5-7-14)26-27-22(28)30-12-20(29)25-19-9-8-15(23)10-18(19)24/h4-10,16-17H,3,11-12H2,1-2H3,(H,25,29)/t16-,17-/m1/s1. The number of amides is 1. The SMILES string of the molecule is CCn1c(SCC(=O)Nc2ccc(Cl)cc2Cl)nnc1[C@@H]1C[C@@H]1c1ccc(C)cc1. The Morgan fingerprint density at radius 3 is 2.63 bits per heavy atom. The van der Waals surface area contributed by atoms with Crippen molar-refractivity contribution in [3.05, 3.63) is 69.5 Å². The molecule has 0 bridgehead atoms. The van der Waals surface area contributed by atoms with Crippen molar-refractivity contribution in [2.45, 2.75) is 43.8 Å². The van der Waals surface area contributed by atoms with E-state index in [1.54, 1.807) is 18.2 Å². The number of rotatable bonds is 7. The van der Waals surface area contributed by atoms with E-state index in [1.165, 1.54) is 22.9 Å². The van der Waals surface area contributed by atoms with E-state index < -0.39 is 0 Å². The number of nitrogens with one attached hydrogen (secondary N) is 1. The summed E-state index contributed by atoms with van der Waals surface area (Å²) in [6, 6.07) is 13.7. The van der Waals surface area contributed by atoms with Crippen molar-refractivity contribution in [2.75, 3.05) is 11.1 Å². The fourth-order valence-corrected chi connectivity index (χ4v) is 4.81. The lowest BCUT2D eigenvalue weighted by atomic mass is 10.1. The van der Waals surface area contributed by atoms with Crippen LogP contribution in [-0.2, 0) is 11.3 Å². The van der Waals surface area contributed by atoms with Crippen molar-refractivity contribution in [2.24, 2.45) is 0 Å².